The number of amides is 1. The zero-order valence-electron chi connectivity index (χ0n) is 14.5. The summed E-state index contributed by atoms with van der Waals surface area (Å²) in [7, 11) is 0. The van der Waals surface area contributed by atoms with E-state index < -0.39 is 0 Å². The average Bonchev–Trinajstić information content (AvgIpc) is 3.10. The molecule has 0 aliphatic rings. The Hall–Kier alpha value is -2.88. The Morgan fingerprint density at radius 1 is 1.08 bits per heavy atom. The van der Waals surface area contributed by atoms with E-state index in [2.05, 4.69) is 24.1 Å². The Morgan fingerprint density at radius 2 is 1.80 bits per heavy atom. The van der Waals surface area contributed by atoms with Crippen LogP contribution in [0.1, 0.15) is 37.6 Å². The molecule has 0 radical (unpaired) electrons. The van der Waals surface area contributed by atoms with Crippen molar-refractivity contribution in [3.8, 4) is 11.3 Å². The van der Waals surface area contributed by atoms with Crippen molar-refractivity contribution < 1.29 is 9.21 Å². The fourth-order valence-electron chi connectivity index (χ4n) is 2.71. The molecule has 0 atom stereocenters. The van der Waals surface area contributed by atoms with Crippen LogP contribution in [0.2, 0.25) is 0 Å². The fraction of sp³-hybridized carbons (Fsp3) is 0.238. The van der Waals surface area contributed by atoms with Gasteiger partial charge in [0.25, 0.3) is 0 Å². The molecule has 1 heterocycles. The summed E-state index contributed by atoms with van der Waals surface area (Å²) < 4.78 is 5.74. The zero-order chi connectivity index (χ0) is 17.6. The summed E-state index contributed by atoms with van der Waals surface area (Å²) in [5.41, 5.74) is 3.00. The molecule has 1 amide bonds. The van der Waals surface area contributed by atoms with Crippen LogP contribution >= 0.6 is 0 Å². The molecule has 0 saturated carbocycles. The number of benzene rings is 2. The molecule has 1 aromatic heterocycles. The standard InChI is InChI=1S/C21H22N2O2/c1-15(2)17-10-6-7-11-18(17)23-20(24)12-13-21-22-14-19(25-21)16-8-4-3-5-9-16/h3-11,14-15H,12-13H2,1-2H3,(H,23,24). The van der Waals surface area contributed by atoms with E-state index in [0.29, 0.717) is 24.7 Å². The molecule has 0 aliphatic carbocycles. The molecular formula is C21H22N2O2. The smallest absolute Gasteiger partial charge is 0.224 e. The fourth-order valence-corrected chi connectivity index (χ4v) is 2.71. The van der Waals surface area contributed by atoms with E-state index in [1.165, 1.54) is 0 Å². The zero-order valence-corrected chi connectivity index (χ0v) is 14.5. The largest absolute Gasteiger partial charge is 0.441 e. The maximum Gasteiger partial charge on any atom is 0.224 e. The van der Waals surface area contributed by atoms with Crippen molar-refractivity contribution in [2.75, 3.05) is 5.32 Å². The van der Waals surface area contributed by atoms with Crippen molar-refractivity contribution in [2.45, 2.75) is 32.6 Å². The molecule has 0 bridgehead atoms. The summed E-state index contributed by atoms with van der Waals surface area (Å²) >= 11 is 0. The Labute approximate surface area is 147 Å². The van der Waals surface area contributed by atoms with Crippen molar-refractivity contribution in [1.29, 1.82) is 0 Å². The van der Waals surface area contributed by atoms with Crippen LogP contribution in [-0.4, -0.2) is 10.9 Å². The predicted molar refractivity (Wildman–Crippen MR) is 99.4 cm³/mol. The van der Waals surface area contributed by atoms with Crippen molar-refractivity contribution in [3.05, 3.63) is 72.2 Å². The molecule has 0 aliphatic heterocycles. The molecule has 25 heavy (non-hydrogen) atoms. The second-order valence-corrected chi connectivity index (χ2v) is 6.27. The molecule has 1 N–H and O–H groups in total. The van der Waals surface area contributed by atoms with Gasteiger partial charge in [-0.1, -0.05) is 62.4 Å². The van der Waals surface area contributed by atoms with Gasteiger partial charge in [0.15, 0.2) is 11.7 Å². The van der Waals surface area contributed by atoms with Gasteiger partial charge < -0.3 is 9.73 Å². The highest BCUT2D eigenvalue weighted by Gasteiger charge is 2.11. The highest BCUT2D eigenvalue weighted by atomic mass is 16.4. The number of carbonyl (C=O) groups is 1. The third-order valence-electron chi connectivity index (χ3n) is 4.03. The van der Waals surface area contributed by atoms with Crippen molar-refractivity contribution in [1.82, 2.24) is 4.98 Å². The lowest BCUT2D eigenvalue weighted by Gasteiger charge is -2.13. The number of rotatable bonds is 6. The quantitative estimate of drug-likeness (QED) is 0.687. The molecule has 0 unspecified atom stereocenters. The van der Waals surface area contributed by atoms with Gasteiger partial charge in [-0.15, -0.1) is 0 Å². The number of aromatic nitrogens is 1. The molecule has 2 aromatic carbocycles. The first-order valence-corrected chi connectivity index (χ1v) is 8.52. The number of anilines is 1. The molecule has 4 nitrogen and oxygen atoms in total. The minimum absolute atomic E-state index is 0.0347. The number of carbonyl (C=O) groups excluding carboxylic acids is 1. The number of nitrogens with zero attached hydrogens (tertiary/aromatic N) is 1. The number of para-hydroxylation sites is 1. The molecule has 3 rings (SSSR count). The monoisotopic (exact) mass is 334 g/mol. The van der Waals surface area contributed by atoms with E-state index in [-0.39, 0.29) is 5.91 Å². The van der Waals surface area contributed by atoms with E-state index in [9.17, 15) is 4.79 Å². The maximum absolute atomic E-state index is 12.3. The van der Waals surface area contributed by atoms with Crippen molar-refractivity contribution in [2.24, 2.45) is 0 Å². The van der Waals surface area contributed by atoms with Crippen LogP contribution in [0.4, 0.5) is 5.69 Å². The molecule has 0 fully saturated rings. The molecule has 128 valence electrons. The van der Waals surface area contributed by atoms with Gasteiger partial charge in [-0.25, -0.2) is 4.98 Å². The van der Waals surface area contributed by atoms with E-state index in [1.54, 1.807) is 6.20 Å². The maximum atomic E-state index is 12.3. The van der Waals surface area contributed by atoms with Gasteiger partial charge in [0, 0.05) is 24.1 Å². The summed E-state index contributed by atoms with van der Waals surface area (Å²) in [5, 5.41) is 2.99. The van der Waals surface area contributed by atoms with E-state index in [4.69, 9.17) is 4.42 Å². The first kappa shape index (κ1) is 17.0. The molecule has 3 aromatic rings. The molecule has 4 heteroatoms. The highest BCUT2D eigenvalue weighted by Crippen LogP contribution is 2.24. The van der Waals surface area contributed by atoms with Crippen LogP contribution in [0.5, 0.6) is 0 Å². The van der Waals surface area contributed by atoms with Gasteiger partial charge in [-0.05, 0) is 17.5 Å². The lowest BCUT2D eigenvalue weighted by Crippen LogP contribution is -2.14. The predicted octanol–water partition coefficient (Wildman–Crippen LogP) is 5.04. The van der Waals surface area contributed by atoms with Gasteiger partial charge >= 0.3 is 0 Å². The Bertz CT molecular complexity index is 838. The van der Waals surface area contributed by atoms with Gasteiger partial charge in [0.05, 0.1) is 6.20 Å². The SMILES string of the molecule is CC(C)c1ccccc1NC(=O)CCc1ncc(-c2ccccc2)o1. The first-order chi connectivity index (χ1) is 12.1. The molecular weight excluding hydrogens is 312 g/mol. The minimum Gasteiger partial charge on any atom is -0.441 e. The van der Waals surface area contributed by atoms with Crippen molar-refractivity contribution >= 4 is 11.6 Å². The summed E-state index contributed by atoms with van der Waals surface area (Å²) in [4.78, 5) is 16.5. The summed E-state index contributed by atoms with van der Waals surface area (Å²) in [6.07, 6.45) is 2.51. The number of hydrogen-bond donors (Lipinski definition) is 1. The topological polar surface area (TPSA) is 55.1 Å². The Morgan fingerprint density at radius 3 is 2.56 bits per heavy atom. The average molecular weight is 334 g/mol. The lowest BCUT2D eigenvalue weighted by atomic mass is 10.0. The normalized spacial score (nSPS) is 10.8. The van der Waals surface area contributed by atoms with Gasteiger partial charge in [-0.2, -0.15) is 0 Å². The van der Waals surface area contributed by atoms with E-state index in [0.717, 1.165) is 22.6 Å². The third kappa shape index (κ3) is 4.35. The Kier molecular flexibility index (Phi) is 5.29. The first-order valence-electron chi connectivity index (χ1n) is 8.52. The highest BCUT2D eigenvalue weighted by molar-refractivity contribution is 5.91. The summed E-state index contributed by atoms with van der Waals surface area (Å²) in [6.45, 7) is 4.23. The Balaban J connectivity index is 1.59. The molecule has 0 spiro atoms. The number of nitrogens with one attached hydrogen (secondary N) is 1. The second-order valence-electron chi connectivity index (χ2n) is 6.27. The van der Waals surface area contributed by atoms with Crippen LogP contribution in [-0.2, 0) is 11.2 Å². The number of hydrogen-bond acceptors (Lipinski definition) is 3. The van der Waals surface area contributed by atoms with E-state index in [1.807, 2.05) is 54.6 Å². The van der Waals surface area contributed by atoms with Crippen LogP contribution in [0.15, 0.2) is 65.2 Å². The summed E-state index contributed by atoms with van der Waals surface area (Å²) in [6, 6.07) is 17.7. The van der Waals surface area contributed by atoms with Crippen LogP contribution in [0.25, 0.3) is 11.3 Å². The number of aryl methyl sites for hydroxylation is 1. The van der Waals surface area contributed by atoms with Crippen LogP contribution < -0.4 is 5.32 Å². The van der Waals surface area contributed by atoms with E-state index >= 15 is 0 Å². The van der Waals surface area contributed by atoms with Gasteiger partial charge in [0.1, 0.15) is 0 Å². The van der Waals surface area contributed by atoms with Gasteiger partial charge in [0.2, 0.25) is 5.91 Å². The van der Waals surface area contributed by atoms with Crippen molar-refractivity contribution in [3.63, 3.8) is 0 Å². The van der Waals surface area contributed by atoms with Gasteiger partial charge in [-0.3, -0.25) is 4.79 Å². The van der Waals surface area contributed by atoms with Crippen LogP contribution in [0, 0.1) is 0 Å². The summed E-state index contributed by atoms with van der Waals surface area (Å²) in [5.74, 6) is 1.62. The minimum atomic E-state index is -0.0347. The lowest BCUT2D eigenvalue weighted by molar-refractivity contribution is -0.116. The van der Waals surface area contributed by atoms with Crippen LogP contribution in [0.3, 0.4) is 0 Å². The number of oxazole rings is 1. The third-order valence-corrected chi connectivity index (χ3v) is 4.03. The second kappa shape index (κ2) is 7.79. The molecule has 0 saturated heterocycles.